The van der Waals surface area contributed by atoms with Gasteiger partial charge in [0, 0.05) is 44.9 Å². The quantitative estimate of drug-likeness (QED) is 0.462. The van der Waals surface area contributed by atoms with Gasteiger partial charge in [-0.3, -0.25) is 4.99 Å². The molecule has 2 aromatic rings. The normalized spacial score (nSPS) is 18.8. The molecule has 0 radical (unpaired) electrons. The fourth-order valence-electron chi connectivity index (χ4n) is 3.62. The number of nitrogens with zero attached hydrogens (tertiary/aromatic N) is 3. The second-order valence-corrected chi connectivity index (χ2v) is 6.85. The fraction of sp³-hybridized carbons (Fsp3) is 0.550. The van der Waals surface area contributed by atoms with E-state index in [1.165, 1.54) is 30.4 Å². The maximum Gasteiger partial charge on any atom is 0.190 e. The Kier molecular flexibility index (Phi) is 6.34. The lowest BCUT2D eigenvalue weighted by molar-refractivity contribution is 0.342. The Morgan fingerprint density at radius 3 is 2.92 bits per heavy atom. The largest absolute Gasteiger partial charge is 0.356 e. The Morgan fingerprint density at radius 2 is 2.12 bits per heavy atom. The number of aliphatic imine (C=N–C) groups is 1. The van der Waals surface area contributed by atoms with Crippen molar-refractivity contribution in [3.63, 3.8) is 0 Å². The molecular formula is C20H31N5. The zero-order valence-electron chi connectivity index (χ0n) is 15.5. The Labute approximate surface area is 151 Å². The van der Waals surface area contributed by atoms with Crippen molar-refractivity contribution >= 4 is 16.9 Å². The van der Waals surface area contributed by atoms with Crippen molar-refractivity contribution in [2.45, 2.75) is 26.3 Å². The summed E-state index contributed by atoms with van der Waals surface area (Å²) in [6.45, 7) is 8.81. The van der Waals surface area contributed by atoms with Gasteiger partial charge >= 0.3 is 0 Å². The molecule has 1 aliphatic rings. The lowest BCUT2D eigenvalue weighted by Crippen LogP contribution is -2.40. The van der Waals surface area contributed by atoms with Crippen LogP contribution >= 0.6 is 0 Å². The van der Waals surface area contributed by atoms with Crippen molar-refractivity contribution in [3.05, 3.63) is 36.5 Å². The number of aryl methyl sites for hydroxylation is 1. The smallest absolute Gasteiger partial charge is 0.190 e. The summed E-state index contributed by atoms with van der Waals surface area (Å²) >= 11 is 0. The molecule has 5 heteroatoms. The van der Waals surface area contributed by atoms with Crippen LogP contribution in [0.15, 0.2) is 41.5 Å². The standard InChI is InChI=1S/C20H31N5/c1-3-24-13-9-17(16-24)15-23-20(21-2)22-11-6-12-25-14-10-18-7-4-5-8-19(18)25/h4-5,7-8,10,14,17H,3,6,9,11-13,15-16H2,1-2H3,(H2,21,22,23). The second-order valence-electron chi connectivity index (χ2n) is 6.85. The Bertz CT molecular complexity index is 690. The van der Waals surface area contributed by atoms with E-state index in [4.69, 9.17) is 0 Å². The Balaban J connectivity index is 1.37. The number of aromatic nitrogens is 1. The molecule has 25 heavy (non-hydrogen) atoms. The van der Waals surface area contributed by atoms with Crippen LogP contribution in [0.1, 0.15) is 19.8 Å². The molecule has 1 fully saturated rings. The van der Waals surface area contributed by atoms with E-state index in [-0.39, 0.29) is 0 Å². The van der Waals surface area contributed by atoms with Gasteiger partial charge < -0.3 is 20.1 Å². The van der Waals surface area contributed by atoms with Gasteiger partial charge in [0.2, 0.25) is 0 Å². The number of likely N-dealkylation sites (tertiary alicyclic amines) is 1. The molecule has 1 aliphatic heterocycles. The maximum atomic E-state index is 4.35. The van der Waals surface area contributed by atoms with Crippen molar-refractivity contribution in [2.24, 2.45) is 10.9 Å². The molecule has 2 N–H and O–H groups in total. The molecule has 1 unspecified atom stereocenters. The molecule has 0 bridgehead atoms. The lowest BCUT2D eigenvalue weighted by atomic mass is 10.1. The summed E-state index contributed by atoms with van der Waals surface area (Å²) in [5.74, 6) is 1.66. The highest BCUT2D eigenvalue weighted by Gasteiger charge is 2.20. The highest BCUT2D eigenvalue weighted by Crippen LogP contribution is 2.15. The van der Waals surface area contributed by atoms with Crippen molar-refractivity contribution < 1.29 is 0 Å². The molecule has 5 nitrogen and oxygen atoms in total. The van der Waals surface area contributed by atoms with Crippen LogP contribution in [-0.2, 0) is 6.54 Å². The van der Waals surface area contributed by atoms with E-state index < -0.39 is 0 Å². The van der Waals surface area contributed by atoms with Gasteiger partial charge in [-0.25, -0.2) is 0 Å². The van der Waals surface area contributed by atoms with Gasteiger partial charge in [0.05, 0.1) is 0 Å². The first-order valence-corrected chi connectivity index (χ1v) is 9.51. The summed E-state index contributed by atoms with van der Waals surface area (Å²) in [5, 5.41) is 8.24. The SMILES string of the molecule is CCN1CCC(CNC(=NC)NCCCn2ccc3ccccc32)C1. The first kappa shape index (κ1) is 17.8. The van der Waals surface area contributed by atoms with E-state index >= 15 is 0 Å². The van der Waals surface area contributed by atoms with E-state index in [0.717, 1.165) is 44.5 Å². The minimum Gasteiger partial charge on any atom is -0.356 e. The van der Waals surface area contributed by atoms with Crippen LogP contribution in [0, 0.1) is 5.92 Å². The summed E-state index contributed by atoms with van der Waals surface area (Å²) in [7, 11) is 1.85. The van der Waals surface area contributed by atoms with Crippen molar-refractivity contribution in [2.75, 3.05) is 39.8 Å². The topological polar surface area (TPSA) is 44.6 Å². The Hall–Kier alpha value is -2.01. The number of nitrogens with one attached hydrogen (secondary N) is 2. The van der Waals surface area contributed by atoms with E-state index in [9.17, 15) is 0 Å². The fourth-order valence-corrected chi connectivity index (χ4v) is 3.62. The molecule has 1 atom stereocenters. The average molecular weight is 342 g/mol. The van der Waals surface area contributed by atoms with Crippen LogP contribution in [0.25, 0.3) is 10.9 Å². The molecule has 2 heterocycles. The average Bonchev–Trinajstić information content (AvgIpc) is 3.28. The third-order valence-corrected chi connectivity index (χ3v) is 5.15. The van der Waals surface area contributed by atoms with Crippen molar-refractivity contribution in [3.8, 4) is 0 Å². The molecule has 0 aliphatic carbocycles. The number of para-hydroxylation sites is 1. The highest BCUT2D eigenvalue weighted by molar-refractivity contribution is 5.80. The molecule has 0 saturated carbocycles. The predicted molar refractivity (Wildman–Crippen MR) is 106 cm³/mol. The van der Waals surface area contributed by atoms with Crippen molar-refractivity contribution in [1.82, 2.24) is 20.1 Å². The van der Waals surface area contributed by atoms with Crippen LogP contribution in [0.5, 0.6) is 0 Å². The van der Waals surface area contributed by atoms with Gasteiger partial charge in [0.15, 0.2) is 5.96 Å². The van der Waals surface area contributed by atoms with Gasteiger partial charge in [-0.2, -0.15) is 0 Å². The number of guanidine groups is 1. The number of hydrogen-bond acceptors (Lipinski definition) is 2. The number of benzene rings is 1. The zero-order chi connectivity index (χ0) is 17.5. The van der Waals surface area contributed by atoms with E-state index in [1.807, 2.05) is 7.05 Å². The molecule has 1 aromatic heterocycles. The minimum atomic E-state index is 0.740. The summed E-state index contributed by atoms with van der Waals surface area (Å²) in [4.78, 5) is 6.86. The van der Waals surface area contributed by atoms with Crippen LogP contribution < -0.4 is 10.6 Å². The van der Waals surface area contributed by atoms with Gasteiger partial charge in [0.1, 0.15) is 0 Å². The van der Waals surface area contributed by atoms with Crippen LogP contribution in [0.3, 0.4) is 0 Å². The summed E-state index contributed by atoms with van der Waals surface area (Å²) in [5.41, 5.74) is 1.31. The highest BCUT2D eigenvalue weighted by atomic mass is 15.2. The summed E-state index contributed by atoms with van der Waals surface area (Å²) in [6, 6.07) is 10.7. The summed E-state index contributed by atoms with van der Waals surface area (Å²) < 4.78 is 2.32. The van der Waals surface area contributed by atoms with Gasteiger partial charge in [-0.15, -0.1) is 0 Å². The molecule has 136 valence electrons. The second kappa shape index (κ2) is 8.90. The molecular weight excluding hydrogens is 310 g/mol. The number of fused-ring (bicyclic) bond motifs is 1. The molecule has 3 rings (SSSR count). The molecule has 1 saturated heterocycles. The van der Waals surface area contributed by atoms with Crippen LogP contribution in [0.4, 0.5) is 0 Å². The third-order valence-electron chi connectivity index (χ3n) is 5.15. The monoisotopic (exact) mass is 341 g/mol. The van der Waals surface area contributed by atoms with Gasteiger partial charge in [-0.1, -0.05) is 25.1 Å². The minimum absolute atomic E-state index is 0.740. The van der Waals surface area contributed by atoms with Crippen molar-refractivity contribution in [1.29, 1.82) is 0 Å². The lowest BCUT2D eigenvalue weighted by Gasteiger charge is -2.16. The predicted octanol–water partition coefficient (Wildman–Crippen LogP) is 2.54. The zero-order valence-corrected chi connectivity index (χ0v) is 15.5. The first-order chi connectivity index (χ1) is 12.3. The van der Waals surface area contributed by atoms with E-state index in [0.29, 0.717) is 0 Å². The molecule has 0 spiro atoms. The molecule has 0 amide bonds. The first-order valence-electron chi connectivity index (χ1n) is 9.51. The number of hydrogen-bond donors (Lipinski definition) is 2. The van der Waals surface area contributed by atoms with E-state index in [1.54, 1.807) is 0 Å². The van der Waals surface area contributed by atoms with E-state index in [2.05, 4.69) is 68.5 Å². The van der Waals surface area contributed by atoms with Crippen LogP contribution in [-0.4, -0.2) is 55.2 Å². The number of rotatable bonds is 7. The third kappa shape index (κ3) is 4.75. The summed E-state index contributed by atoms with van der Waals surface area (Å²) in [6.07, 6.45) is 4.54. The Morgan fingerprint density at radius 1 is 1.24 bits per heavy atom. The maximum absolute atomic E-state index is 4.35. The van der Waals surface area contributed by atoms with Gasteiger partial charge in [-0.05, 0) is 49.4 Å². The van der Waals surface area contributed by atoms with Crippen LogP contribution in [0.2, 0.25) is 0 Å². The van der Waals surface area contributed by atoms with Gasteiger partial charge in [0.25, 0.3) is 0 Å². The molecule has 1 aromatic carbocycles.